The first kappa shape index (κ1) is 13.3. The van der Waals surface area contributed by atoms with E-state index in [0.717, 1.165) is 0 Å². The number of methoxy groups -OCH3 is 2. The third kappa shape index (κ3) is 2.87. The molecule has 0 aliphatic rings. The molecular weight excluding hydrogens is 227 g/mol. The van der Waals surface area contributed by atoms with Crippen LogP contribution in [-0.2, 0) is 11.2 Å². The molecule has 94 valence electrons. The predicted molar refractivity (Wildman–Crippen MR) is 60.0 cm³/mol. The summed E-state index contributed by atoms with van der Waals surface area (Å²) in [5, 5.41) is 8.82. The van der Waals surface area contributed by atoms with Crippen LogP contribution in [0, 0.1) is 11.7 Å². The standard InChI is InChI=1S/C12H15FO4/c1-7(12(14)15)6-8-4-5-9(16-2)10(13)11(8)17-3/h4-5,7H,6H2,1-3H3,(H,14,15). The van der Waals surface area contributed by atoms with Gasteiger partial charge in [-0.1, -0.05) is 13.0 Å². The maximum atomic E-state index is 13.8. The molecule has 1 N–H and O–H groups in total. The first-order valence-electron chi connectivity index (χ1n) is 5.13. The fourth-order valence-electron chi connectivity index (χ4n) is 1.53. The molecule has 0 aromatic heterocycles. The van der Waals surface area contributed by atoms with Gasteiger partial charge < -0.3 is 14.6 Å². The van der Waals surface area contributed by atoms with Crippen molar-refractivity contribution in [2.45, 2.75) is 13.3 Å². The molecule has 1 aromatic carbocycles. The van der Waals surface area contributed by atoms with Gasteiger partial charge >= 0.3 is 5.97 Å². The Bertz CT molecular complexity index is 417. The third-order valence-electron chi connectivity index (χ3n) is 2.51. The highest BCUT2D eigenvalue weighted by Crippen LogP contribution is 2.31. The van der Waals surface area contributed by atoms with Gasteiger partial charge in [-0.15, -0.1) is 0 Å². The Hall–Kier alpha value is -1.78. The minimum atomic E-state index is -0.928. The molecule has 0 heterocycles. The summed E-state index contributed by atoms with van der Waals surface area (Å²) in [6.45, 7) is 1.56. The van der Waals surface area contributed by atoms with E-state index in [1.54, 1.807) is 13.0 Å². The molecule has 0 radical (unpaired) electrons. The molecule has 0 bridgehead atoms. The van der Waals surface area contributed by atoms with Gasteiger partial charge in [-0.25, -0.2) is 0 Å². The molecule has 1 atom stereocenters. The average molecular weight is 242 g/mol. The Morgan fingerprint density at radius 1 is 1.41 bits per heavy atom. The van der Waals surface area contributed by atoms with Crippen molar-refractivity contribution in [3.05, 3.63) is 23.5 Å². The van der Waals surface area contributed by atoms with Crippen molar-refractivity contribution in [3.63, 3.8) is 0 Å². The van der Waals surface area contributed by atoms with Crippen molar-refractivity contribution in [2.75, 3.05) is 14.2 Å². The number of hydrogen-bond donors (Lipinski definition) is 1. The van der Waals surface area contributed by atoms with Gasteiger partial charge in [-0.2, -0.15) is 4.39 Å². The van der Waals surface area contributed by atoms with E-state index in [4.69, 9.17) is 14.6 Å². The van der Waals surface area contributed by atoms with Crippen LogP contribution < -0.4 is 9.47 Å². The van der Waals surface area contributed by atoms with Crippen LogP contribution in [0.2, 0.25) is 0 Å². The summed E-state index contributed by atoms with van der Waals surface area (Å²) >= 11 is 0. The number of hydrogen-bond acceptors (Lipinski definition) is 3. The topological polar surface area (TPSA) is 55.8 Å². The number of ether oxygens (including phenoxy) is 2. The third-order valence-corrected chi connectivity index (χ3v) is 2.51. The second-order valence-corrected chi connectivity index (χ2v) is 3.72. The van der Waals surface area contributed by atoms with Crippen LogP contribution in [0.5, 0.6) is 11.5 Å². The fraction of sp³-hybridized carbons (Fsp3) is 0.417. The molecule has 0 saturated heterocycles. The molecule has 1 aromatic rings. The number of carboxylic acids is 1. The van der Waals surface area contributed by atoms with E-state index in [0.29, 0.717) is 5.56 Å². The number of rotatable bonds is 5. The molecule has 1 rings (SSSR count). The lowest BCUT2D eigenvalue weighted by molar-refractivity contribution is -0.141. The summed E-state index contributed by atoms with van der Waals surface area (Å²) in [4.78, 5) is 10.8. The first-order valence-corrected chi connectivity index (χ1v) is 5.13. The zero-order valence-electron chi connectivity index (χ0n) is 9.99. The fourth-order valence-corrected chi connectivity index (χ4v) is 1.53. The van der Waals surface area contributed by atoms with E-state index < -0.39 is 17.7 Å². The molecular formula is C12H15FO4. The summed E-state index contributed by atoms with van der Waals surface area (Å²) in [6.07, 6.45) is 0.208. The van der Waals surface area contributed by atoms with Crippen LogP contribution in [0.4, 0.5) is 4.39 Å². The zero-order chi connectivity index (χ0) is 13.0. The van der Waals surface area contributed by atoms with Crippen LogP contribution in [0.25, 0.3) is 0 Å². The number of aliphatic carboxylic acids is 1. The monoisotopic (exact) mass is 242 g/mol. The van der Waals surface area contributed by atoms with Gasteiger partial charge in [0.1, 0.15) is 0 Å². The molecule has 0 saturated carbocycles. The number of carbonyl (C=O) groups is 1. The molecule has 0 aliphatic carbocycles. The number of halogens is 1. The lowest BCUT2D eigenvalue weighted by Crippen LogP contribution is -2.13. The van der Waals surface area contributed by atoms with Crippen molar-refractivity contribution >= 4 is 5.97 Å². The van der Waals surface area contributed by atoms with E-state index in [1.807, 2.05) is 0 Å². The molecule has 17 heavy (non-hydrogen) atoms. The van der Waals surface area contributed by atoms with Gasteiger partial charge in [0.05, 0.1) is 20.1 Å². The van der Waals surface area contributed by atoms with Gasteiger partial charge in [-0.05, 0) is 18.1 Å². The summed E-state index contributed by atoms with van der Waals surface area (Å²) in [5.41, 5.74) is 0.515. The van der Waals surface area contributed by atoms with Crippen molar-refractivity contribution in [1.82, 2.24) is 0 Å². The summed E-state index contributed by atoms with van der Waals surface area (Å²) < 4.78 is 23.6. The summed E-state index contributed by atoms with van der Waals surface area (Å²) in [5.74, 6) is -2.02. The van der Waals surface area contributed by atoms with E-state index in [2.05, 4.69) is 0 Å². The van der Waals surface area contributed by atoms with Crippen LogP contribution in [0.1, 0.15) is 12.5 Å². The minimum absolute atomic E-state index is 0.0393. The SMILES string of the molecule is COc1ccc(CC(C)C(=O)O)c(OC)c1F. The largest absolute Gasteiger partial charge is 0.494 e. The van der Waals surface area contributed by atoms with E-state index in [9.17, 15) is 9.18 Å². The lowest BCUT2D eigenvalue weighted by Gasteiger charge is -2.13. The Kier molecular flexibility index (Phi) is 4.31. The molecule has 1 unspecified atom stereocenters. The zero-order valence-corrected chi connectivity index (χ0v) is 9.99. The highest BCUT2D eigenvalue weighted by atomic mass is 19.1. The summed E-state index contributed by atoms with van der Waals surface area (Å²) in [6, 6.07) is 3.07. The van der Waals surface area contributed by atoms with Crippen LogP contribution in [0.15, 0.2) is 12.1 Å². The molecule has 0 fully saturated rings. The number of benzene rings is 1. The minimum Gasteiger partial charge on any atom is -0.494 e. The van der Waals surface area contributed by atoms with Crippen LogP contribution in [0.3, 0.4) is 0 Å². The van der Waals surface area contributed by atoms with Crippen LogP contribution in [-0.4, -0.2) is 25.3 Å². The van der Waals surface area contributed by atoms with E-state index in [1.165, 1.54) is 20.3 Å². The maximum Gasteiger partial charge on any atom is 0.306 e. The van der Waals surface area contributed by atoms with Crippen molar-refractivity contribution in [3.8, 4) is 11.5 Å². The van der Waals surface area contributed by atoms with Gasteiger partial charge in [0, 0.05) is 0 Å². The molecule has 4 nitrogen and oxygen atoms in total. The highest BCUT2D eigenvalue weighted by molar-refractivity contribution is 5.70. The lowest BCUT2D eigenvalue weighted by atomic mass is 10.00. The predicted octanol–water partition coefficient (Wildman–Crippen LogP) is 2.11. The van der Waals surface area contributed by atoms with Crippen LogP contribution >= 0.6 is 0 Å². The normalized spacial score (nSPS) is 12.0. The van der Waals surface area contributed by atoms with Gasteiger partial charge in [0.2, 0.25) is 5.82 Å². The Morgan fingerprint density at radius 3 is 2.53 bits per heavy atom. The van der Waals surface area contributed by atoms with Gasteiger partial charge in [0.25, 0.3) is 0 Å². The van der Waals surface area contributed by atoms with Gasteiger partial charge in [0.15, 0.2) is 11.5 Å². The second-order valence-electron chi connectivity index (χ2n) is 3.72. The van der Waals surface area contributed by atoms with E-state index in [-0.39, 0.29) is 17.9 Å². The molecule has 0 amide bonds. The first-order chi connectivity index (χ1) is 8.01. The Balaban J connectivity index is 3.08. The smallest absolute Gasteiger partial charge is 0.306 e. The van der Waals surface area contributed by atoms with Gasteiger partial charge in [-0.3, -0.25) is 4.79 Å². The Morgan fingerprint density at radius 2 is 2.06 bits per heavy atom. The summed E-state index contributed by atoms with van der Waals surface area (Å²) in [7, 11) is 2.70. The maximum absolute atomic E-state index is 13.8. The van der Waals surface area contributed by atoms with E-state index >= 15 is 0 Å². The molecule has 5 heteroatoms. The van der Waals surface area contributed by atoms with Crippen molar-refractivity contribution in [1.29, 1.82) is 0 Å². The number of carboxylic acid groups (broad SMARTS) is 1. The Labute approximate surface area is 99.0 Å². The quantitative estimate of drug-likeness (QED) is 0.859. The second kappa shape index (κ2) is 5.52. The van der Waals surface area contributed by atoms with Crippen molar-refractivity contribution in [2.24, 2.45) is 5.92 Å². The average Bonchev–Trinajstić information content (AvgIpc) is 2.29. The molecule has 0 spiro atoms. The van der Waals surface area contributed by atoms with Crippen molar-refractivity contribution < 1.29 is 23.8 Å². The molecule has 0 aliphatic heterocycles. The highest BCUT2D eigenvalue weighted by Gasteiger charge is 2.19.